The fourth-order valence-electron chi connectivity index (χ4n) is 2.45. The third-order valence-electron chi connectivity index (χ3n) is 4.03. The second-order valence-electron chi connectivity index (χ2n) is 6.14. The van der Waals surface area contributed by atoms with Gasteiger partial charge < -0.3 is 10.2 Å². The monoisotopic (exact) mass is 398 g/mol. The molecule has 27 heavy (non-hydrogen) atoms. The van der Waals surface area contributed by atoms with Gasteiger partial charge in [0, 0.05) is 15.6 Å². The van der Waals surface area contributed by atoms with Crippen molar-refractivity contribution in [2.24, 2.45) is 5.10 Å². The second-order valence-corrected chi connectivity index (χ2v) is 6.95. The van der Waals surface area contributed by atoms with Crippen LogP contribution in [0, 0.1) is 6.92 Å². The van der Waals surface area contributed by atoms with E-state index < -0.39 is 0 Å². The minimum atomic E-state index is 0.465. The molecule has 3 nitrogen and oxygen atoms in total. The SMILES string of the molecule is Cc1ccc(COc2ccc(/C=N/NCc3c(Cl)cccc3Cl)cc2)cc1. The molecule has 0 aliphatic heterocycles. The molecule has 1 N–H and O–H groups in total. The van der Waals surface area contributed by atoms with Crippen LogP contribution in [-0.4, -0.2) is 6.21 Å². The van der Waals surface area contributed by atoms with Crippen molar-refractivity contribution < 1.29 is 4.74 Å². The summed E-state index contributed by atoms with van der Waals surface area (Å²) in [6.07, 6.45) is 1.74. The number of hydrazone groups is 1. The third kappa shape index (κ3) is 5.75. The molecule has 0 heterocycles. The molecule has 0 radical (unpaired) electrons. The first kappa shape index (κ1) is 19.3. The molecule has 138 valence electrons. The average molecular weight is 399 g/mol. The van der Waals surface area contributed by atoms with E-state index in [1.165, 1.54) is 5.56 Å². The summed E-state index contributed by atoms with van der Waals surface area (Å²) in [4.78, 5) is 0. The lowest BCUT2D eigenvalue weighted by Gasteiger charge is -2.07. The van der Waals surface area contributed by atoms with Gasteiger partial charge in [0.05, 0.1) is 12.8 Å². The molecule has 0 fully saturated rings. The quantitative estimate of drug-likeness (QED) is 0.390. The third-order valence-corrected chi connectivity index (χ3v) is 4.74. The van der Waals surface area contributed by atoms with Crippen LogP contribution >= 0.6 is 23.2 Å². The molecule has 0 aliphatic carbocycles. The van der Waals surface area contributed by atoms with E-state index in [4.69, 9.17) is 27.9 Å². The van der Waals surface area contributed by atoms with Crippen LogP contribution < -0.4 is 10.2 Å². The highest BCUT2D eigenvalue weighted by atomic mass is 35.5. The van der Waals surface area contributed by atoms with Crippen LogP contribution in [0.3, 0.4) is 0 Å². The van der Waals surface area contributed by atoms with Crippen LogP contribution in [0.25, 0.3) is 0 Å². The topological polar surface area (TPSA) is 33.6 Å². The van der Waals surface area contributed by atoms with Crippen molar-refractivity contribution in [2.75, 3.05) is 0 Å². The van der Waals surface area contributed by atoms with Gasteiger partial charge in [-0.25, -0.2) is 0 Å². The maximum absolute atomic E-state index is 6.13. The molecule has 0 unspecified atom stereocenters. The van der Waals surface area contributed by atoms with Crippen LogP contribution in [0.5, 0.6) is 5.75 Å². The number of hydrogen-bond acceptors (Lipinski definition) is 3. The van der Waals surface area contributed by atoms with Crippen molar-refractivity contribution in [2.45, 2.75) is 20.1 Å². The molecule has 3 aromatic rings. The summed E-state index contributed by atoms with van der Waals surface area (Å²) in [6.45, 7) is 3.09. The average Bonchev–Trinajstić information content (AvgIpc) is 2.67. The van der Waals surface area contributed by atoms with E-state index in [1.54, 1.807) is 6.21 Å². The van der Waals surface area contributed by atoms with Crippen molar-refractivity contribution >= 4 is 29.4 Å². The molecule has 0 saturated carbocycles. The maximum Gasteiger partial charge on any atom is 0.119 e. The van der Waals surface area contributed by atoms with Crippen LogP contribution in [-0.2, 0) is 13.2 Å². The van der Waals surface area contributed by atoms with Crippen LogP contribution in [0.4, 0.5) is 0 Å². The molecule has 0 amide bonds. The van der Waals surface area contributed by atoms with E-state index in [1.807, 2.05) is 42.5 Å². The predicted molar refractivity (Wildman–Crippen MR) is 113 cm³/mol. The van der Waals surface area contributed by atoms with E-state index in [-0.39, 0.29) is 0 Å². The first-order valence-electron chi connectivity index (χ1n) is 8.59. The van der Waals surface area contributed by atoms with Gasteiger partial charge >= 0.3 is 0 Å². The molecule has 5 heteroatoms. The number of ether oxygens (including phenoxy) is 1. The summed E-state index contributed by atoms with van der Waals surface area (Å²) in [5.74, 6) is 0.823. The van der Waals surface area contributed by atoms with Gasteiger partial charge in [-0.2, -0.15) is 5.10 Å². The summed E-state index contributed by atoms with van der Waals surface area (Å²) in [5, 5.41) is 5.47. The lowest BCUT2D eigenvalue weighted by molar-refractivity contribution is 0.306. The zero-order valence-electron chi connectivity index (χ0n) is 15.0. The minimum Gasteiger partial charge on any atom is -0.489 e. The Bertz CT molecular complexity index is 886. The molecule has 0 spiro atoms. The Kier molecular flexibility index (Phi) is 6.74. The lowest BCUT2D eigenvalue weighted by Crippen LogP contribution is -2.06. The molecule has 0 aliphatic rings. The van der Waals surface area contributed by atoms with Gasteiger partial charge in [-0.05, 0) is 54.4 Å². The highest BCUT2D eigenvalue weighted by molar-refractivity contribution is 6.35. The Morgan fingerprint density at radius 1 is 0.926 bits per heavy atom. The molecule has 0 saturated heterocycles. The zero-order chi connectivity index (χ0) is 19.1. The molecular weight excluding hydrogens is 379 g/mol. The van der Waals surface area contributed by atoms with Crippen molar-refractivity contribution in [1.82, 2.24) is 5.43 Å². The summed E-state index contributed by atoms with van der Waals surface area (Å²) >= 11 is 12.3. The summed E-state index contributed by atoms with van der Waals surface area (Å²) in [7, 11) is 0. The Morgan fingerprint density at radius 2 is 1.59 bits per heavy atom. The Labute approximate surface area is 169 Å². The second kappa shape index (κ2) is 9.45. The van der Waals surface area contributed by atoms with E-state index in [9.17, 15) is 0 Å². The zero-order valence-corrected chi connectivity index (χ0v) is 16.5. The first-order chi connectivity index (χ1) is 13.1. The van der Waals surface area contributed by atoms with Crippen molar-refractivity contribution in [3.63, 3.8) is 0 Å². The maximum atomic E-state index is 6.13. The van der Waals surface area contributed by atoms with Crippen LogP contribution in [0.2, 0.25) is 10.0 Å². The fourth-order valence-corrected chi connectivity index (χ4v) is 2.98. The molecule has 0 aromatic heterocycles. The van der Waals surface area contributed by atoms with Gasteiger partial charge in [0.1, 0.15) is 12.4 Å². The van der Waals surface area contributed by atoms with E-state index in [0.29, 0.717) is 23.2 Å². The first-order valence-corrected chi connectivity index (χ1v) is 9.34. The van der Waals surface area contributed by atoms with Crippen LogP contribution in [0.1, 0.15) is 22.3 Å². The number of hydrogen-bond donors (Lipinski definition) is 1. The Hall–Kier alpha value is -2.49. The number of benzene rings is 3. The number of halogens is 2. The highest BCUT2D eigenvalue weighted by Gasteiger charge is 2.03. The summed E-state index contributed by atoms with van der Waals surface area (Å²) in [5.41, 5.74) is 7.16. The Morgan fingerprint density at radius 3 is 2.26 bits per heavy atom. The predicted octanol–water partition coefficient (Wildman–Crippen LogP) is 6.00. The molecule has 3 rings (SSSR count). The van der Waals surface area contributed by atoms with E-state index in [0.717, 1.165) is 22.4 Å². The van der Waals surface area contributed by atoms with Gasteiger partial charge in [0.2, 0.25) is 0 Å². The number of rotatable bonds is 7. The Balaban J connectivity index is 1.50. The van der Waals surface area contributed by atoms with Crippen LogP contribution in [0.15, 0.2) is 71.8 Å². The number of aryl methyl sites for hydroxylation is 1. The molecular formula is C22H20Cl2N2O. The standard InChI is InChI=1S/C22H20Cl2N2O/c1-16-5-7-18(8-6-16)15-27-19-11-9-17(10-12-19)13-25-26-14-20-21(23)3-2-4-22(20)24/h2-13,26H,14-15H2,1H3/b25-13+. The molecule has 3 aromatic carbocycles. The number of nitrogens with one attached hydrogen (secondary N) is 1. The number of nitrogens with zero attached hydrogens (tertiary/aromatic N) is 1. The fraction of sp³-hybridized carbons (Fsp3) is 0.136. The van der Waals surface area contributed by atoms with Gasteiger partial charge in [0.25, 0.3) is 0 Å². The highest BCUT2D eigenvalue weighted by Crippen LogP contribution is 2.23. The normalized spacial score (nSPS) is 10.9. The summed E-state index contributed by atoms with van der Waals surface area (Å²) in [6, 6.07) is 21.5. The molecule has 0 bridgehead atoms. The van der Waals surface area contributed by atoms with Crippen molar-refractivity contribution in [3.8, 4) is 5.75 Å². The van der Waals surface area contributed by atoms with Gasteiger partial charge in [-0.3, -0.25) is 0 Å². The van der Waals surface area contributed by atoms with Gasteiger partial charge in [0.15, 0.2) is 0 Å². The van der Waals surface area contributed by atoms with Gasteiger partial charge in [-0.1, -0.05) is 59.1 Å². The molecule has 0 atom stereocenters. The van der Waals surface area contributed by atoms with E-state index >= 15 is 0 Å². The largest absolute Gasteiger partial charge is 0.489 e. The summed E-state index contributed by atoms with van der Waals surface area (Å²) < 4.78 is 5.81. The van der Waals surface area contributed by atoms with Crippen molar-refractivity contribution in [1.29, 1.82) is 0 Å². The smallest absolute Gasteiger partial charge is 0.119 e. The lowest BCUT2D eigenvalue weighted by atomic mass is 10.2. The van der Waals surface area contributed by atoms with E-state index in [2.05, 4.69) is 41.7 Å². The minimum absolute atomic E-state index is 0.465. The van der Waals surface area contributed by atoms with Gasteiger partial charge in [-0.15, -0.1) is 0 Å². The van der Waals surface area contributed by atoms with Crippen molar-refractivity contribution in [3.05, 3.63) is 99.0 Å².